The molecule has 0 aliphatic heterocycles. The van der Waals surface area contributed by atoms with Gasteiger partial charge >= 0.3 is 6.03 Å². The number of nitrogens with two attached hydrogens (primary N) is 1. The second-order valence-corrected chi connectivity index (χ2v) is 6.07. The second-order valence-electron chi connectivity index (χ2n) is 4.76. The molecule has 0 radical (unpaired) electrons. The summed E-state index contributed by atoms with van der Waals surface area (Å²) >= 11 is 7.49. The Hall–Kier alpha value is -2.19. The summed E-state index contributed by atoms with van der Waals surface area (Å²) in [5, 5.41) is 2.68. The van der Waals surface area contributed by atoms with Crippen molar-refractivity contribution in [1.29, 1.82) is 0 Å². The van der Waals surface area contributed by atoms with Crippen molar-refractivity contribution in [3.8, 4) is 5.75 Å². The fraction of sp³-hybridized carbons (Fsp3) is 0.125. The van der Waals surface area contributed by atoms with E-state index < -0.39 is 11.9 Å². The van der Waals surface area contributed by atoms with Gasteiger partial charge in [0.05, 0.1) is 12.2 Å². The van der Waals surface area contributed by atoms with E-state index in [1.54, 1.807) is 12.1 Å². The van der Waals surface area contributed by atoms with Gasteiger partial charge in [0.25, 0.3) is 0 Å². The predicted octanol–water partition coefficient (Wildman–Crippen LogP) is 2.99. The molecule has 24 heavy (non-hydrogen) atoms. The zero-order valence-corrected chi connectivity index (χ0v) is 15.1. The topological polar surface area (TPSA) is 84.7 Å². The highest BCUT2D eigenvalue weighted by Gasteiger charge is 2.12. The number of urea groups is 1. The number of halogens is 1. The molecule has 3 N–H and O–H groups in total. The van der Waals surface area contributed by atoms with Gasteiger partial charge in [-0.1, -0.05) is 28.7 Å². The standard InChI is InChI=1S/C16H16BrN3O3S/c17-12-3-7-14(8-4-12)23-10-9-19-16(22)20(24)13-5-1-11(2-6-13)15(18)21/h1-8,24H,9-10H2,(H2,18,21)(H,19,22). The minimum atomic E-state index is -0.526. The molecule has 3 amide bonds. The number of hydrogen-bond donors (Lipinski definition) is 3. The van der Waals surface area contributed by atoms with E-state index in [1.807, 2.05) is 24.3 Å². The Balaban J connectivity index is 1.79. The maximum atomic E-state index is 12.0. The Labute approximate surface area is 153 Å². The summed E-state index contributed by atoms with van der Waals surface area (Å²) in [6.07, 6.45) is 0. The van der Waals surface area contributed by atoms with Gasteiger partial charge in [0.1, 0.15) is 12.4 Å². The van der Waals surface area contributed by atoms with Crippen molar-refractivity contribution in [2.45, 2.75) is 0 Å². The zero-order chi connectivity index (χ0) is 17.5. The summed E-state index contributed by atoms with van der Waals surface area (Å²) in [6, 6.07) is 13.3. The molecule has 126 valence electrons. The van der Waals surface area contributed by atoms with Gasteiger partial charge in [0.15, 0.2) is 0 Å². The summed E-state index contributed by atoms with van der Waals surface area (Å²) < 4.78 is 7.62. The van der Waals surface area contributed by atoms with Gasteiger partial charge in [-0.3, -0.25) is 4.79 Å². The normalized spacial score (nSPS) is 10.1. The quantitative estimate of drug-likeness (QED) is 0.506. The summed E-state index contributed by atoms with van der Waals surface area (Å²) in [6.45, 7) is 0.654. The highest BCUT2D eigenvalue weighted by atomic mass is 79.9. The van der Waals surface area contributed by atoms with Crippen molar-refractivity contribution in [2.75, 3.05) is 17.5 Å². The molecule has 0 heterocycles. The minimum Gasteiger partial charge on any atom is -0.492 e. The van der Waals surface area contributed by atoms with Crippen LogP contribution in [0.5, 0.6) is 5.75 Å². The van der Waals surface area contributed by atoms with E-state index in [9.17, 15) is 9.59 Å². The van der Waals surface area contributed by atoms with Crippen LogP contribution in [0.15, 0.2) is 53.0 Å². The van der Waals surface area contributed by atoms with Crippen molar-refractivity contribution in [3.63, 3.8) is 0 Å². The number of carbonyl (C=O) groups is 2. The van der Waals surface area contributed by atoms with Gasteiger partial charge in [-0.15, -0.1) is 0 Å². The van der Waals surface area contributed by atoms with Crippen LogP contribution in [-0.4, -0.2) is 25.1 Å². The fourth-order valence-corrected chi connectivity index (χ4v) is 2.29. The van der Waals surface area contributed by atoms with Crippen LogP contribution in [-0.2, 0) is 0 Å². The van der Waals surface area contributed by atoms with Crippen molar-refractivity contribution < 1.29 is 14.3 Å². The van der Waals surface area contributed by atoms with Crippen LogP contribution in [0.3, 0.4) is 0 Å². The number of amides is 3. The Morgan fingerprint density at radius 1 is 1.12 bits per heavy atom. The lowest BCUT2D eigenvalue weighted by molar-refractivity contribution is 0.100. The summed E-state index contributed by atoms with van der Waals surface area (Å²) in [5.74, 6) is 0.194. The van der Waals surface area contributed by atoms with Crippen LogP contribution in [0.2, 0.25) is 0 Å². The Morgan fingerprint density at radius 3 is 2.33 bits per heavy atom. The molecule has 0 aliphatic carbocycles. The van der Waals surface area contributed by atoms with Crippen LogP contribution in [0.25, 0.3) is 0 Å². The number of benzene rings is 2. The molecule has 0 unspecified atom stereocenters. The van der Waals surface area contributed by atoms with E-state index in [1.165, 1.54) is 12.1 Å². The van der Waals surface area contributed by atoms with Gasteiger partial charge < -0.3 is 15.8 Å². The van der Waals surface area contributed by atoms with E-state index in [0.29, 0.717) is 24.4 Å². The number of anilines is 1. The average molecular weight is 410 g/mol. The first-order valence-electron chi connectivity index (χ1n) is 7.02. The first-order valence-corrected chi connectivity index (χ1v) is 8.22. The Bertz CT molecular complexity index is 708. The molecule has 2 aromatic carbocycles. The van der Waals surface area contributed by atoms with E-state index in [4.69, 9.17) is 10.5 Å². The zero-order valence-electron chi connectivity index (χ0n) is 12.6. The molecular formula is C16H16BrN3O3S. The monoisotopic (exact) mass is 409 g/mol. The van der Waals surface area contributed by atoms with E-state index in [2.05, 4.69) is 34.1 Å². The van der Waals surface area contributed by atoms with Crippen LogP contribution >= 0.6 is 28.7 Å². The van der Waals surface area contributed by atoms with Crippen molar-refractivity contribution in [1.82, 2.24) is 5.32 Å². The molecule has 0 atom stereocenters. The minimum absolute atomic E-state index is 0.325. The summed E-state index contributed by atoms with van der Waals surface area (Å²) in [7, 11) is 0. The molecular weight excluding hydrogens is 394 g/mol. The fourth-order valence-electron chi connectivity index (χ4n) is 1.82. The second kappa shape index (κ2) is 8.60. The van der Waals surface area contributed by atoms with Crippen molar-refractivity contribution in [3.05, 3.63) is 58.6 Å². The van der Waals surface area contributed by atoms with E-state index >= 15 is 0 Å². The van der Waals surface area contributed by atoms with Crippen LogP contribution in [0.1, 0.15) is 10.4 Å². The molecule has 0 spiro atoms. The van der Waals surface area contributed by atoms with Gasteiger partial charge in [-0.05, 0) is 48.5 Å². The lowest BCUT2D eigenvalue weighted by atomic mass is 10.2. The number of carbonyl (C=O) groups excluding carboxylic acids is 2. The van der Waals surface area contributed by atoms with Crippen LogP contribution in [0, 0.1) is 0 Å². The summed E-state index contributed by atoms with van der Waals surface area (Å²) in [5.41, 5.74) is 6.06. The first kappa shape index (κ1) is 18.2. The molecule has 0 aromatic heterocycles. The third kappa shape index (κ3) is 5.17. The molecule has 0 aliphatic rings. The molecule has 2 rings (SSSR count). The number of ether oxygens (including phenoxy) is 1. The number of hydrogen-bond acceptors (Lipinski definition) is 4. The highest BCUT2D eigenvalue weighted by molar-refractivity contribution is 9.10. The third-order valence-corrected chi connectivity index (χ3v) is 3.99. The molecule has 8 heteroatoms. The Kier molecular flexibility index (Phi) is 6.51. The van der Waals surface area contributed by atoms with Gasteiger partial charge in [0, 0.05) is 10.0 Å². The first-order chi connectivity index (χ1) is 11.5. The van der Waals surface area contributed by atoms with Crippen molar-refractivity contribution >= 4 is 46.4 Å². The highest BCUT2D eigenvalue weighted by Crippen LogP contribution is 2.17. The molecule has 0 saturated carbocycles. The SMILES string of the molecule is NC(=O)c1ccc(N(S)C(=O)NCCOc2ccc(Br)cc2)cc1. The van der Waals surface area contributed by atoms with Gasteiger partial charge in [0.2, 0.25) is 5.91 Å². The smallest absolute Gasteiger partial charge is 0.332 e. The van der Waals surface area contributed by atoms with E-state index in [0.717, 1.165) is 14.5 Å². The molecule has 6 nitrogen and oxygen atoms in total. The lowest BCUT2D eigenvalue weighted by Gasteiger charge is -2.17. The lowest BCUT2D eigenvalue weighted by Crippen LogP contribution is -2.36. The number of nitrogens with one attached hydrogen (secondary N) is 1. The number of thiol groups is 1. The van der Waals surface area contributed by atoms with Crippen molar-refractivity contribution in [2.24, 2.45) is 5.73 Å². The molecule has 2 aromatic rings. The molecule has 0 fully saturated rings. The predicted molar refractivity (Wildman–Crippen MR) is 99.5 cm³/mol. The molecule has 0 saturated heterocycles. The van der Waals surface area contributed by atoms with Crippen LogP contribution < -0.4 is 20.1 Å². The number of nitrogens with zero attached hydrogens (tertiary/aromatic N) is 1. The number of primary amides is 1. The number of rotatable bonds is 6. The Morgan fingerprint density at radius 2 is 1.75 bits per heavy atom. The third-order valence-electron chi connectivity index (χ3n) is 3.05. The van der Waals surface area contributed by atoms with Crippen LogP contribution in [0.4, 0.5) is 10.5 Å². The largest absolute Gasteiger partial charge is 0.492 e. The van der Waals surface area contributed by atoms with E-state index in [-0.39, 0.29) is 0 Å². The summed E-state index contributed by atoms with van der Waals surface area (Å²) in [4.78, 5) is 23.0. The maximum Gasteiger partial charge on any atom is 0.332 e. The van der Waals surface area contributed by atoms with Gasteiger partial charge in [-0.2, -0.15) is 0 Å². The average Bonchev–Trinajstić information content (AvgIpc) is 2.59. The molecule has 0 bridgehead atoms. The van der Waals surface area contributed by atoms with Gasteiger partial charge in [-0.25, -0.2) is 9.10 Å². The maximum absolute atomic E-state index is 12.0.